The molecule has 4 rings (SSSR count). The second kappa shape index (κ2) is 9.52. The molecule has 0 N–H and O–H groups in total. The van der Waals surface area contributed by atoms with Gasteiger partial charge in [0, 0.05) is 6.54 Å². The number of rotatable bonds is 6. The average molecular weight is 490 g/mol. The van der Waals surface area contributed by atoms with Gasteiger partial charge in [0.2, 0.25) is 10.0 Å². The number of aryl methyl sites for hydroxylation is 1. The predicted molar refractivity (Wildman–Crippen MR) is 124 cm³/mol. The molecule has 34 heavy (non-hydrogen) atoms. The van der Waals surface area contributed by atoms with Gasteiger partial charge in [0.25, 0.3) is 0 Å². The lowest BCUT2D eigenvalue weighted by molar-refractivity contribution is -0.211. The van der Waals surface area contributed by atoms with Gasteiger partial charge in [-0.1, -0.05) is 78.4 Å². The fraction of sp³-hybridized carbons (Fsp3) is 0.308. The molecule has 0 spiro atoms. The molecule has 0 radical (unpaired) electrons. The fourth-order valence-corrected chi connectivity index (χ4v) is 6.05. The number of hydrogen-bond donors (Lipinski definition) is 0. The lowest BCUT2D eigenvalue weighted by Gasteiger charge is -2.46. The summed E-state index contributed by atoms with van der Waals surface area (Å²) in [7, 11) is -4.10. The summed E-state index contributed by atoms with van der Waals surface area (Å²) in [5.41, 5.74) is 0.222. The first-order valence-electron chi connectivity index (χ1n) is 11.0. The predicted octanol–water partition coefficient (Wildman–Crippen LogP) is 5.48. The molecule has 1 saturated heterocycles. The Kier molecular flexibility index (Phi) is 6.85. The van der Waals surface area contributed by atoms with Crippen LogP contribution in [0.3, 0.4) is 0 Å². The van der Waals surface area contributed by atoms with Gasteiger partial charge in [-0.2, -0.15) is 17.5 Å². The Morgan fingerprint density at radius 2 is 1.53 bits per heavy atom. The molecule has 0 aromatic heterocycles. The Bertz CT molecular complexity index is 1200. The zero-order chi connectivity index (χ0) is 24.4. The molecule has 2 unspecified atom stereocenters. The highest BCUT2D eigenvalue weighted by molar-refractivity contribution is 7.89. The Morgan fingerprint density at radius 1 is 0.941 bits per heavy atom. The first-order chi connectivity index (χ1) is 16.1. The van der Waals surface area contributed by atoms with Gasteiger partial charge in [-0.25, -0.2) is 8.42 Å². The van der Waals surface area contributed by atoms with E-state index >= 15 is 0 Å². The summed E-state index contributed by atoms with van der Waals surface area (Å²) in [6, 6.07) is 23.0. The smallest absolute Gasteiger partial charge is 0.367 e. The van der Waals surface area contributed by atoms with E-state index in [-0.39, 0.29) is 11.5 Å². The summed E-state index contributed by atoms with van der Waals surface area (Å²) in [6.07, 6.45) is -5.52. The SMILES string of the molecule is Cc1ccc(S(=O)(=O)N2CC(CC(F)(F)F)(c3ccccc3)OCC2Cc2ccccc2)cc1. The van der Waals surface area contributed by atoms with Crippen molar-refractivity contribution in [2.24, 2.45) is 0 Å². The van der Waals surface area contributed by atoms with Crippen molar-refractivity contribution >= 4 is 10.0 Å². The van der Waals surface area contributed by atoms with E-state index in [1.807, 2.05) is 37.3 Å². The van der Waals surface area contributed by atoms with Crippen LogP contribution in [0.5, 0.6) is 0 Å². The first kappa shape index (κ1) is 24.4. The van der Waals surface area contributed by atoms with Crippen LogP contribution in [0.25, 0.3) is 0 Å². The number of sulfonamides is 1. The summed E-state index contributed by atoms with van der Waals surface area (Å²) in [4.78, 5) is 0.0482. The van der Waals surface area contributed by atoms with Crippen LogP contribution in [0, 0.1) is 6.92 Å². The standard InChI is InChI=1S/C26H26F3NO3S/c1-20-12-14-24(15-13-20)34(31,32)30-19-25(18-26(27,28)29,22-10-6-3-7-11-22)33-17-23(30)16-21-8-4-2-5-9-21/h2-15,23H,16-19H2,1H3. The van der Waals surface area contributed by atoms with Crippen molar-refractivity contribution in [3.05, 3.63) is 102 Å². The van der Waals surface area contributed by atoms with Crippen LogP contribution in [0.2, 0.25) is 0 Å². The largest absolute Gasteiger partial charge is 0.392 e. The van der Waals surface area contributed by atoms with Crippen LogP contribution in [0.4, 0.5) is 13.2 Å². The van der Waals surface area contributed by atoms with E-state index in [1.54, 1.807) is 42.5 Å². The zero-order valence-corrected chi connectivity index (χ0v) is 19.5. The molecule has 1 heterocycles. The summed E-state index contributed by atoms with van der Waals surface area (Å²) in [5.74, 6) is 0. The molecule has 3 aromatic rings. The third-order valence-corrected chi connectivity index (χ3v) is 8.01. The second-order valence-electron chi connectivity index (χ2n) is 8.67. The molecule has 0 aliphatic carbocycles. The summed E-state index contributed by atoms with van der Waals surface area (Å²) >= 11 is 0. The molecule has 0 amide bonds. The van der Waals surface area contributed by atoms with Crippen LogP contribution in [-0.2, 0) is 26.8 Å². The fourth-order valence-electron chi connectivity index (χ4n) is 4.39. The van der Waals surface area contributed by atoms with Gasteiger partial charge in [-0.3, -0.25) is 0 Å². The molecule has 0 bridgehead atoms. The van der Waals surface area contributed by atoms with Crippen molar-refractivity contribution in [1.29, 1.82) is 0 Å². The summed E-state index contributed by atoms with van der Waals surface area (Å²) in [5, 5.41) is 0. The maximum absolute atomic E-state index is 13.8. The van der Waals surface area contributed by atoms with Crippen LogP contribution < -0.4 is 0 Å². The number of ether oxygens (including phenoxy) is 1. The molecule has 1 fully saturated rings. The lowest BCUT2D eigenvalue weighted by atomic mass is 9.87. The van der Waals surface area contributed by atoms with Gasteiger partial charge in [0.15, 0.2) is 0 Å². The van der Waals surface area contributed by atoms with Crippen LogP contribution in [-0.4, -0.2) is 38.1 Å². The van der Waals surface area contributed by atoms with Crippen molar-refractivity contribution in [2.45, 2.75) is 42.5 Å². The Morgan fingerprint density at radius 3 is 2.12 bits per heavy atom. The molecule has 1 aliphatic heterocycles. The normalized spacial score (nSPS) is 21.9. The monoisotopic (exact) mass is 489 g/mol. The maximum Gasteiger partial charge on any atom is 0.392 e. The van der Waals surface area contributed by atoms with E-state index in [0.717, 1.165) is 11.1 Å². The zero-order valence-electron chi connectivity index (χ0n) is 18.7. The molecule has 2 atom stereocenters. The minimum atomic E-state index is -4.55. The van der Waals surface area contributed by atoms with E-state index in [2.05, 4.69) is 0 Å². The molecule has 1 aliphatic rings. The van der Waals surface area contributed by atoms with E-state index in [9.17, 15) is 21.6 Å². The van der Waals surface area contributed by atoms with Gasteiger partial charge in [0.05, 0.1) is 24.0 Å². The topological polar surface area (TPSA) is 46.6 Å². The van der Waals surface area contributed by atoms with Crippen molar-refractivity contribution < 1.29 is 26.3 Å². The van der Waals surface area contributed by atoms with E-state index in [0.29, 0.717) is 12.0 Å². The van der Waals surface area contributed by atoms with Crippen molar-refractivity contribution in [3.8, 4) is 0 Å². The van der Waals surface area contributed by atoms with Gasteiger partial charge < -0.3 is 4.74 Å². The quantitative estimate of drug-likeness (QED) is 0.461. The van der Waals surface area contributed by atoms with Crippen LogP contribution >= 0.6 is 0 Å². The number of nitrogens with zero attached hydrogens (tertiary/aromatic N) is 1. The Hall–Kier alpha value is -2.68. The molecule has 0 saturated carbocycles. The van der Waals surface area contributed by atoms with Gasteiger partial charge >= 0.3 is 6.18 Å². The highest BCUT2D eigenvalue weighted by Crippen LogP contribution is 2.43. The van der Waals surface area contributed by atoms with Crippen LogP contribution in [0.15, 0.2) is 89.8 Å². The van der Waals surface area contributed by atoms with Gasteiger partial charge in [0.1, 0.15) is 5.60 Å². The summed E-state index contributed by atoms with van der Waals surface area (Å²) in [6.45, 7) is 1.24. The minimum absolute atomic E-state index is 0.0482. The Balaban J connectivity index is 1.79. The number of morpholine rings is 1. The maximum atomic E-state index is 13.8. The van der Waals surface area contributed by atoms with Gasteiger partial charge in [-0.05, 0) is 36.6 Å². The highest BCUT2D eigenvalue weighted by atomic mass is 32.2. The number of hydrogen-bond acceptors (Lipinski definition) is 3. The lowest BCUT2D eigenvalue weighted by Crippen LogP contribution is -2.58. The van der Waals surface area contributed by atoms with Crippen LogP contribution in [0.1, 0.15) is 23.1 Å². The molecule has 180 valence electrons. The molecule has 4 nitrogen and oxygen atoms in total. The van der Waals surface area contributed by atoms with Gasteiger partial charge in [-0.15, -0.1) is 0 Å². The van der Waals surface area contributed by atoms with E-state index in [1.165, 1.54) is 16.4 Å². The minimum Gasteiger partial charge on any atom is -0.367 e. The van der Waals surface area contributed by atoms with E-state index in [4.69, 9.17) is 4.74 Å². The van der Waals surface area contributed by atoms with E-state index < -0.39 is 40.8 Å². The third kappa shape index (κ3) is 5.35. The van der Waals surface area contributed by atoms with Crippen molar-refractivity contribution in [3.63, 3.8) is 0 Å². The number of alkyl halides is 3. The second-order valence-corrected chi connectivity index (χ2v) is 10.6. The van der Waals surface area contributed by atoms with Crippen molar-refractivity contribution in [2.75, 3.05) is 13.2 Å². The molecular weight excluding hydrogens is 463 g/mol. The molecule has 3 aromatic carbocycles. The number of halogens is 3. The summed E-state index contributed by atoms with van der Waals surface area (Å²) < 4.78 is 76.0. The average Bonchev–Trinajstić information content (AvgIpc) is 2.81. The first-order valence-corrected chi connectivity index (χ1v) is 12.4. The Labute approximate surface area is 198 Å². The molecule has 8 heteroatoms. The highest BCUT2D eigenvalue weighted by Gasteiger charge is 2.51. The molecular formula is C26H26F3NO3S. The number of benzene rings is 3. The third-order valence-electron chi connectivity index (χ3n) is 6.10. The van der Waals surface area contributed by atoms with Crippen molar-refractivity contribution in [1.82, 2.24) is 4.31 Å².